The smallest absolute Gasteiger partial charge is 0.257 e. The van der Waals surface area contributed by atoms with Crippen LogP contribution in [0.5, 0.6) is 11.5 Å². The molecule has 1 atom stereocenters. The van der Waals surface area contributed by atoms with E-state index in [1.165, 1.54) is 0 Å². The molecule has 0 bridgehead atoms. The number of nitrogens with zero attached hydrogens (tertiary/aromatic N) is 2. The Morgan fingerprint density at radius 1 is 1.07 bits per heavy atom. The van der Waals surface area contributed by atoms with Crippen molar-refractivity contribution in [2.75, 3.05) is 53.5 Å². The number of rotatable bonds is 5. The van der Waals surface area contributed by atoms with Gasteiger partial charge in [-0.1, -0.05) is 6.92 Å². The molecule has 1 aromatic carbocycles. The highest BCUT2D eigenvalue weighted by Gasteiger charge is 2.33. The van der Waals surface area contributed by atoms with Gasteiger partial charge in [0.25, 0.3) is 5.91 Å². The van der Waals surface area contributed by atoms with E-state index in [9.17, 15) is 9.59 Å². The maximum Gasteiger partial charge on any atom is 0.257 e. The Bertz CT molecular complexity index is 673. The maximum atomic E-state index is 12.8. The average Bonchev–Trinajstić information content (AvgIpc) is 2.65. The topological polar surface area (TPSA) is 71.1 Å². The molecule has 0 spiro atoms. The molecule has 2 aliphatic rings. The molecule has 8 heteroatoms. The third-order valence-electron chi connectivity index (χ3n) is 5.43. The second kappa shape index (κ2) is 9.28. The van der Waals surface area contributed by atoms with Crippen LogP contribution in [0, 0.1) is 11.8 Å². The molecule has 2 fully saturated rings. The van der Waals surface area contributed by atoms with Crippen molar-refractivity contribution < 1.29 is 19.1 Å². The number of carbonyl (C=O) groups is 2. The van der Waals surface area contributed by atoms with Gasteiger partial charge < -0.3 is 24.6 Å². The molecular weight excluding hydrogens is 370 g/mol. The fraction of sp³-hybridized carbons (Fsp3) is 0.579. The number of benzene rings is 1. The zero-order chi connectivity index (χ0) is 18.7. The number of ether oxygens (including phenoxy) is 2. The summed E-state index contributed by atoms with van der Waals surface area (Å²) in [4.78, 5) is 29.1. The molecular formula is C19H28ClN3O4. The van der Waals surface area contributed by atoms with Crippen LogP contribution in [0.3, 0.4) is 0 Å². The summed E-state index contributed by atoms with van der Waals surface area (Å²) in [7, 11) is 3.12. The van der Waals surface area contributed by atoms with Crippen molar-refractivity contribution in [2.45, 2.75) is 6.92 Å². The van der Waals surface area contributed by atoms with Gasteiger partial charge in [-0.15, -0.1) is 12.4 Å². The lowest BCUT2D eigenvalue weighted by Crippen LogP contribution is -2.55. The quantitative estimate of drug-likeness (QED) is 0.810. The largest absolute Gasteiger partial charge is 0.497 e. The molecule has 150 valence electrons. The molecule has 27 heavy (non-hydrogen) atoms. The normalized spacial score (nSPS) is 18.2. The summed E-state index contributed by atoms with van der Waals surface area (Å²) in [6, 6.07) is 5.19. The summed E-state index contributed by atoms with van der Waals surface area (Å²) in [6.07, 6.45) is 0. The Labute approximate surface area is 166 Å². The molecule has 2 amide bonds. The molecule has 0 radical (unpaired) electrons. The summed E-state index contributed by atoms with van der Waals surface area (Å²) >= 11 is 0. The second-order valence-corrected chi connectivity index (χ2v) is 6.89. The molecule has 1 unspecified atom stereocenters. The molecule has 0 saturated carbocycles. The molecule has 1 N–H and O–H groups in total. The number of halogens is 1. The monoisotopic (exact) mass is 397 g/mol. The van der Waals surface area contributed by atoms with E-state index in [4.69, 9.17) is 9.47 Å². The lowest BCUT2D eigenvalue weighted by molar-refractivity contribution is -0.138. The van der Waals surface area contributed by atoms with Crippen molar-refractivity contribution in [1.29, 1.82) is 0 Å². The fourth-order valence-electron chi connectivity index (χ4n) is 3.43. The standard InChI is InChI=1S/C19H27N3O4.ClH/c1-13(14-11-20-12-14)18(23)21-6-8-22(9-7-21)19(24)16-5-4-15(25-2)10-17(16)26-3;/h4-5,10,13-14,20H,6-9,11-12H2,1-3H3;1H. The molecule has 0 aliphatic carbocycles. The van der Waals surface area contributed by atoms with Gasteiger partial charge in [0, 0.05) is 38.2 Å². The number of nitrogens with one attached hydrogen (secondary N) is 1. The SMILES string of the molecule is COc1ccc(C(=O)N2CCN(C(=O)C(C)C3CNC3)CC2)c(OC)c1.Cl. The summed E-state index contributed by atoms with van der Waals surface area (Å²) < 4.78 is 10.5. The zero-order valence-electron chi connectivity index (χ0n) is 16.1. The molecule has 3 rings (SSSR count). The van der Waals surface area contributed by atoms with E-state index in [0.29, 0.717) is 49.2 Å². The summed E-state index contributed by atoms with van der Waals surface area (Å²) in [5.74, 6) is 1.75. The average molecular weight is 398 g/mol. The zero-order valence-corrected chi connectivity index (χ0v) is 16.9. The van der Waals surface area contributed by atoms with Crippen LogP contribution >= 0.6 is 12.4 Å². The van der Waals surface area contributed by atoms with Crippen LogP contribution in [0.15, 0.2) is 18.2 Å². The van der Waals surface area contributed by atoms with E-state index in [1.54, 1.807) is 37.3 Å². The van der Waals surface area contributed by atoms with Crippen molar-refractivity contribution in [3.63, 3.8) is 0 Å². The van der Waals surface area contributed by atoms with Crippen LogP contribution in [-0.4, -0.2) is 75.1 Å². The summed E-state index contributed by atoms with van der Waals surface area (Å²) in [5, 5.41) is 3.21. The lowest BCUT2D eigenvalue weighted by atomic mass is 9.88. The van der Waals surface area contributed by atoms with E-state index in [-0.39, 0.29) is 30.1 Å². The third-order valence-corrected chi connectivity index (χ3v) is 5.43. The predicted octanol–water partition coefficient (Wildman–Crippen LogP) is 1.27. The fourth-order valence-corrected chi connectivity index (χ4v) is 3.43. The molecule has 1 aromatic rings. The lowest BCUT2D eigenvalue weighted by Gasteiger charge is -2.39. The maximum absolute atomic E-state index is 12.8. The Morgan fingerprint density at radius 2 is 1.70 bits per heavy atom. The number of hydrogen-bond donors (Lipinski definition) is 1. The summed E-state index contributed by atoms with van der Waals surface area (Å²) in [6.45, 7) is 6.07. The minimum atomic E-state index is -0.0761. The summed E-state index contributed by atoms with van der Waals surface area (Å²) in [5.41, 5.74) is 0.516. The van der Waals surface area contributed by atoms with Crippen LogP contribution in [0.1, 0.15) is 17.3 Å². The Hall–Kier alpha value is -1.99. The first-order chi connectivity index (χ1) is 12.5. The molecule has 2 saturated heterocycles. The van der Waals surface area contributed by atoms with E-state index >= 15 is 0 Å². The van der Waals surface area contributed by atoms with E-state index in [0.717, 1.165) is 13.1 Å². The van der Waals surface area contributed by atoms with E-state index < -0.39 is 0 Å². The second-order valence-electron chi connectivity index (χ2n) is 6.89. The van der Waals surface area contributed by atoms with Crippen molar-refractivity contribution in [1.82, 2.24) is 15.1 Å². The molecule has 0 aromatic heterocycles. The van der Waals surface area contributed by atoms with Gasteiger partial charge in [0.15, 0.2) is 0 Å². The highest BCUT2D eigenvalue weighted by Crippen LogP contribution is 2.26. The Kier molecular flexibility index (Phi) is 7.33. The highest BCUT2D eigenvalue weighted by molar-refractivity contribution is 5.97. The highest BCUT2D eigenvalue weighted by atomic mass is 35.5. The van der Waals surface area contributed by atoms with E-state index in [1.807, 2.05) is 11.8 Å². The molecule has 2 heterocycles. The number of piperazine rings is 1. The van der Waals surface area contributed by atoms with Crippen molar-refractivity contribution in [3.8, 4) is 11.5 Å². The number of hydrogen-bond acceptors (Lipinski definition) is 5. The van der Waals surface area contributed by atoms with Crippen LogP contribution in [-0.2, 0) is 4.79 Å². The Morgan fingerprint density at radius 3 is 2.22 bits per heavy atom. The van der Waals surface area contributed by atoms with Crippen LogP contribution in [0.4, 0.5) is 0 Å². The number of carbonyl (C=O) groups excluding carboxylic acids is 2. The number of amides is 2. The van der Waals surface area contributed by atoms with Crippen LogP contribution in [0.25, 0.3) is 0 Å². The van der Waals surface area contributed by atoms with Crippen molar-refractivity contribution >= 4 is 24.2 Å². The van der Waals surface area contributed by atoms with Crippen molar-refractivity contribution in [3.05, 3.63) is 23.8 Å². The van der Waals surface area contributed by atoms with E-state index in [2.05, 4.69) is 5.32 Å². The predicted molar refractivity (Wildman–Crippen MR) is 105 cm³/mol. The first-order valence-corrected chi connectivity index (χ1v) is 9.06. The minimum absolute atomic E-state index is 0. The van der Waals surface area contributed by atoms with Crippen LogP contribution in [0.2, 0.25) is 0 Å². The number of methoxy groups -OCH3 is 2. The van der Waals surface area contributed by atoms with Gasteiger partial charge in [-0.05, 0) is 31.1 Å². The molecule has 2 aliphatic heterocycles. The molecule has 7 nitrogen and oxygen atoms in total. The van der Waals surface area contributed by atoms with Gasteiger partial charge in [0.2, 0.25) is 5.91 Å². The van der Waals surface area contributed by atoms with Gasteiger partial charge in [-0.25, -0.2) is 0 Å². The van der Waals surface area contributed by atoms with Gasteiger partial charge in [-0.2, -0.15) is 0 Å². The van der Waals surface area contributed by atoms with Gasteiger partial charge in [-0.3, -0.25) is 9.59 Å². The minimum Gasteiger partial charge on any atom is -0.497 e. The van der Waals surface area contributed by atoms with Gasteiger partial charge >= 0.3 is 0 Å². The van der Waals surface area contributed by atoms with Gasteiger partial charge in [0.1, 0.15) is 11.5 Å². The van der Waals surface area contributed by atoms with Gasteiger partial charge in [0.05, 0.1) is 19.8 Å². The Balaban J connectivity index is 0.00000261. The van der Waals surface area contributed by atoms with Crippen molar-refractivity contribution in [2.24, 2.45) is 11.8 Å². The first kappa shape index (κ1) is 21.3. The van der Waals surface area contributed by atoms with Crippen LogP contribution < -0.4 is 14.8 Å². The third kappa shape index (κ3) is 4.47. The first-order valence-electron chi connectivity index (χ1n) is 9.06.